The van der Waals surface area contributed by atoms with Crippen molar-refractivity contribution in [3.63, 3.8) is 0 Å². The fourth-order valence-corrected chi connectivity index (χ4v) is 3.59. The first-order chi connectivity index (χ1) is 13.2. The number of sulfonamides is 1. The molecule has 0 radical (unpaired) electrons. The second-order valence-electron chi connectivity index (χ2n) is 6.51. The predicted octanol–water partition coefficient (Wildman–Crippen LogP) is 2.66. The van der Waals surface area contributed by atoms with Crippen molar-refractivity contribution >= 4 is 21.6 Å². The fourth-order valence-electron chi connectivity index (χ4n) is 2.73. The maximum absolute atomic E-state index is 12.5. The number of anilines is 1. The topological polar surface area (TPSA) is 84.9 Å². The number of ether oxygens (including phenoxy) is 2. The van der Waals surface area contributed by atoms with E-state index in [1.165, 1.54) is 7.11 Å². The maximum atomic E-state index is 12.5. The van der Waals surface area contributed by atoms with Crippen LogP contribution >= 0.6 is 0 Å². The highest BCUT2D eigenvalue weighted by molar-refractivity contribution is 7.92. The minimum atomic E-state index is -3.61. The predicted molar refractivity (Wildman–Crippen MR) is 109 cm³/mol. The molecule has 7 nitrogen and oxygen atoms in total. The van der Waals surface area contributed by atoms with Crippen LogP contribution in [-0.4, -0.2) is 41.3 Å². The van der Waals surface area contributed by atoms with Gasteiger partial charge in [0.05, 0.1) is 32.2 Å². The van der Waals surface area contributed by atoms with Gasteiger partial charge < -0.3 is 14.8 Å². The van der Waals surface area contributed by atoms with Crippen LogP contribution in [-0.2, 0) is 14.8 Å². The number of amides is 1. The summed E-state index contributed by atoms with van der Waals surface area (Å²) in [6.07, 6.45) is 1.08. The summed E-state index contributed by atoms with van der Waals surface area (Å²) in [4.78, 5) is 12.5. The number of aryl methyl sites for hydroxylation is 1. The molecule has 28 heavy (non-hydrogen) atoms. The molecule has 0 aliphatic carbocycles. The highest BCUT2D eigenvalue weighted by atomic mass is 32.2. The third-order valence-electron chi connectivity index (χ3n) is 4.29. The number of benzene rings is 2. The molecule has 0 aliphatic heterocycles. The van der Waals surface area contributed by atoms with Gasteiger partial charge in [-0.15, -0.1) is 0 Å². The zero-order valence-electron chi connectivity index (χ0n) is 16.7. The highest BCUT2D eigenvalue weighted by Gasteiger charge is 2.22. The first-order valence-corrected chi connectivity index (χ1v) is 10.6. The minimum Gasteiger partial charge on any atom is -0.493 e. The van der Waals surface area contributed by atoms with Crippen molar-refractivity contribution in [2.24, 2.45) is 0 Å². The van der Waals surface area contributed by atoms with Gasteiger partial charge in [0.15, 0.2) is 11.5 Å². The van der Waals surface area contributed by atoms with Crippen LogP contribution in [0.1, 0.15) is 24.1 Å². The molecule has 2 aromatic rings. The zero-order chi connectivity index (χ0) is 20.9. The molecule has 0 aromatic heterocycles. The van der Waals surface area contributed by atoms with E-state index in [4.69, 9.17) is 9.47 Å². The lowest BCUT2D eigenvalue weighted by Crippen LogP contribution is -2.41. The molecule has 0 fully saturated rings. The van der Waals surface area contributed by atoms with E-state index >= 15 is 0 Å². The number of nitrogens with zero attached hydrogens (tertiary/aromatic N) is 1. The van der Waals surface area contributed by atoms with Crippen molar-refractivity contribution in [1.29, 1.82) is 0 Å². The van der Waals surface area contributed by atoms with Crippen LogP contribution in [0.3, 0.4) is 0 Å². The standard InChI is InChI=1S/C20H26N2O5S/c1-14-6-9-17(10-7-14)22(28(5,24)25)13-20(23)21-15(2)16-8-11-18(26-3)19(12-16)27-4/h6-12,15H,13H2,1-5H3,(H,21,23). The lowest BCUT2D eigenvalue weighted by molar-refractivity contribution is -0.120. The third kappa shape index (κ3) is 5.39. The number of methoxy groups -OCH3 is 2. The smallest absolute Gasteiger partial charge is 0.241 e. The highest BCUT2D eigenvalue weighted by Crippen LogP contribution is 2.30. The quantitative estimate of drug-likeness (QED) is 0.729. The number of hydrogen-bond acceptors (Lipinski definition) is 5. The van der Waals surface area contributed by atoms with Gasteiger partial charge >= 0.3 is 0 Å². The molecule has 152 valence electrons. The first-order valence-electron chi connectivity index (χ1n) is 8.71. The van der Waals surface area contributed by atoms with E-state index in [0.717, 1.165) is 21.7 Å². The van der Waals surface area contributed by atoms with Crippen LogP contribution in [0.25, 0.3) is 0 Å². The Balaban J connectivity index is 2.15. The van der Waals surface area contributed by atoms with Crippen molar-refractivity contribution in [2.75, 3.05) is 31.3 Å². The molecule has 1 amide bonds. The van der Waals surface area contributed by atoms with E-state index in [1.807, 2.05) is 19.9 Å². The van der Waals surface area contributed by atoms with Crippen LogP contribution in [0.15, 0.2) is 42.5 Å². The molecule has 0 heterocycles. The van der Waals surface area contributed by atoms with Crippen LogP contribution < -0.4 is 19.1 Å². The van der Waals surface area contributed by atoms with Crippen LogP contribution in [0.2, 0.25) is 0 Å². The van der Waals surface area contributed by atoms with E-state index < -0.39 is 15.9 Å². The number of rotatable bonds is 8. The average Bonchev–Trinajstić information content (AvgIpc) is 2.65. The SMILES string of the molecule is COc1ccc(C(C)NC(=O)CN(c2ccc(C)cc2)S(C)(=O)=O)cc1OC. The lowest BCUT2D eigenvalue weighted by atomic mass is 10.1. The van der Waals surface area contributed by atoms with Gasteiger partial charge in [-0.05, 0) is 43.7 Å². The van der Waals surface area contributed by atoms with E-state index in [2.05, 4.69) is 5.32 Å². The first kappa shape index (κ1) is 21.6. The average molecular weight is 407 g/mol. The van der Waals surface area contributed by atoms with Crippen molar-refractivity contribution in [3.05, 3.63) is 53.6 Å². The summed E-state index contributed by atoms with van der Waals surface area (Å²) < 4.78 is 35.9. The van der Waals surface area contributed by atoms with Crippen molar-refractivity contribution < 1.29 is 22.7 Å². The molecule has 1 unspecified atom stereocenters. The van der Waals surface area contributed by atoms with E-state index in [0.29, 0.717) is 17.2 Å². The van der Waals surface area contributed by atoms with Gasteiger partial charge in [0.2, 0.25) is 15.9 Å². The van der Waals surface area contributed by atoms with Gasteiger partial charge in [-0.3, -0.25) is 9.10 Å². The van der Waals surface area contributed by atoms with Gasteiger partial charge in [0.1, 0.15) is 6.54 Å². The van der Waals surface area contributed by atoms with Crippen molar-refractivity contribution in [1.82, 2.24) is 5.32 Å². The number of nitrogens with one attached hydrogen (secondary N) is 1. The molecule has 2 rings (SSSR count). The zero-order valence-corrected chi connectivity index (χ0v) is 17.5. The van der Waals surface area contributed by atoms with E-state index in [1.54, 1.807) is 43.5 Å². The molecular weight excluding hydrogens is 380 g/mol. The normalized spacial score (nSPS) is 12.2. The Morgan fingerprint density at radius 3 is 2.21 bits per heavy atom. The lowest BCUT2D eigenvalue weighted by Gasteiger charge is -2.23. The second kappa shape index (κ2) is 8.97. The summed E-state index contributed by atoms with van der Waals surface area (Å²) in [5.41, 5.74) is 2.26. The second-order valence-corrected chi connectivity index (χ2v) is 8.42. The van der Waals surface area contributed by atoms with Gasteiger partial charge in [-0.1, -0.05) is 23.8 Å². The molecule has 2 aromatic carbocycles. The fraction of sp³-hybridized carbons (Fsp3) is 0.350. The molecule has 0 spiro atoms. The van der Waals surface area contributed by atoms with E-state index in [9.17, 15) is 13.2 Å². The van der Waals surface area contributed by atoms with Crippen LogP contribution in [0.4, 0.5) is 5.69 Å². The Morgan fingerprint density at radius 1 is 1.07 bits per heavy atom. The number of carbonyl (C=O) groups is 1. The Labute approximate surface area is 166 Å². The summed E-state index contributed by atoms with van der Waals surface area (Å²) in [6, 6.07) is 12.0. The molecule has 0 saturated carbocycles. The van der Waals surface area contributed by atoms with Gasteiger partial charge in [0, 0.05) is 0 Å². The summed E-state index contributed by atoms with van der Waals surface area (Å²) >= 11 is 0. The summed E-state index contributed by atoms with van der Waals surface area (Å²) in [6.45, 7) is 3.42. The summed E-state index contributed by atoms with van der Waals surface area (Å²) in [7, 11) is -0.523. The molecule has 0 bridgehead atoms. The van der Waals surface area contributed by atoms with Crippen molar-refractivity contribution in [3.8, 4) is 11.5 Å². The summed E-state index contributed by atoms with van der Waals surface area (Å²) in [5.74, 6) is 0.735. The summed E-state index contributed by atoms with van der Waals surface area (Å²) in [5, 5.41) is 2.83. The maximum Gasteiger partial charge on any atom is 0.241 e. The molecule has 1 N–H and O–H groups in total. The number of carbonyl (C=O) groups excluding carboxylic acids is 1. The van der Waals surface area contributed by atoms with Gasteiger partial charge in [-0.2, -0.15) is 0 Å². The van der Waals surface area contributed by atoms with E-state index in [-0.39, 0.29) is 12.6 Å². The molecule has 8 heteroatoms. The molecule has 0 aliphatic rings. The number of hydrogen-bond donors (Lipinski definition) is 1. The third-order valence-corrected chi connectivity index (χ3v) is 5.44. The van der Waals surface area contributed by atoms with Crippen molar-refractivity contribution in [2.45, 2.75) is 19.9 Å². The molecule has 0 saturated heterocycles. The Bertz CT molecular complexity index is 926. The van der Waals surface area contributed by atoms with Crippen LogP contribution in [0, 0.1) is 6.92 Å². The Morgan fingerprint density at radius 2 is 1.68 bits per heavy atom. The van der Waals surface area contributed by atoms with Gasteiger partial charge in [0.25, 0.3) is 0 Å². The Kier molecular flexibility index (Phi) is 6.90. The minimum absolute atomic E-state index is 0.306. The monoisotopic (exact) mass is 406 g/mol. The molecule has 1 atom stereocenters. The van der Waals surface area contributed by atoms with Crippen LogP contribution in [0.5, 0.6) is 11.5 Å². The Hall–Kier alpha value is -2.74. The molecular formula is C20H26N2O5S. The van der Waals surface area contributed by atoms with Gasteiger partial charge in [-0.25, -0.2) is 8.42 Å². The largest absolute Gasteiger partial charge is 0.493 e.